The third kappa shape index (κ3) is 5.75. The van der Waals surface area contributed by atoms with Gasteiger partial charge in [-0.05, 0) is 44.7 Å². The van der Waals surface area contributed by atoms with Crippen LogP contribution in [-0.2, 0) is 9.59 Å². The number of carbonyl (C=O) groups excluding carboxylic acids is 2. The lowest BCUT2D eigenvalue weighted by atomic mass is 9.92. The highest BCUT2D eigenvalue weighted by Crippen LogP contribution is 2.25. The standard InChI is InChI=1S/C19H29N3O2S/c1-13-4-6-16(7-5-13)21-18(23)12-25-15(3)19(24)22-9-8-14(2)10-17(22)11-20/h4-7,14-15,17H,8-12,20H2,1-3H3,(H,21,23). The number of aryl methyl sites for hydroxylation is 1. The van der Waals surface area contributed by atoms with Crippen molar-refractivity contribution in [2.45, 2.75) is 44.9 Å². The molecule has 0 aliphatic carbocycles. The van der Waals surface area contributed by atoms with Crippen LogP contribution in [0.3, 0.4) is 0 Å². The van der Waals surface area contributed by atoms with Gasteiger partial charge in [-0.25, -0.2) is 0 Å². The molecule has 1 aromatic carbocycles. The Morgan fingerprint density at radius 2 is 2.04 bits per heavy atom. The molecule has 3 N–H and O–H groups in total. The van der Waals surface area contributed by atoms with E-state index in [2.05, 4.69) is 12.2 Å². The van der Waals surface area contributed by atoms with Crippen molar-refractivity contribution in [1.29, 1.82) is 0 Å². The van der Waals surface area contributed by atoms with E-state index in [1.54, 1.807) is 0 Å². The van der Waals surface area contributed by atoms with E-state index in [1.807, 2.05) is 43.0 Å². The molecule has 6 heteroatoms. The minimum absolute atomic E-state index is 0.0869. The van der Waals surface area contributed by atoms with E-state index >= 15 is 0 Å². The number of anilines is 1. The number of rotatable bonds is 6. The van der Waals surface area contributed by atoms with Crippen LogP contribution in [0.25, 0.3) is 0 Å². The van der Waals surface area contributed by atoms with Crippen molar-refractivity contribution in [2.75, 3.05) is 24.2 Å². The summed E-state index contributed by atoms with van der Waals surface area (Å²) in [6.45, 7) is 7.35. The van der Waals surface area contributed by atoms with Crippen molar-refractivity contribution in [1.82, 2.24) is 4.90 Å². The zero-order valence-corrected chi connectivity index (χ0v) is 16.1. The fraction of sp³-hybridized carbons (Fsp3) is 0.579. The van der Waals surface area contributed by atoms with Gasteiger partial charge in [0.1, 0.15) is 0 Å². The van der Waals surface area contributed by atoms with E-state index < -0.39 is 0 Å². The first kappa shape index (κ1) is 19.8. The summed E-state index contributed by atoms with van der Waals surface area (Å²) in [6.07, 6.45) is 1.99. The molecule has 5 nitrogen and oxygen atoms in total. The Morgan fingerprint density at radius 1 is 1.36 bits per heavy atom. The minimum Gasteiger partial charge on any atom is -0.337 e. The first-order chi connectivity index (χ1) is 11.9. The SMILES string of the molecule is Cc1ccc(NC(=O)CSC(C)C(=O)N2CCC(C)CC2CN)cc1. The molecule has 3 unspecified atom stereocenters. The van der Waals surface area contributed by atoms with Crippen LogP contribution in [0.15, 0.2) is 24.3 Å². The normalized spacial score (nSPS) is 21.7. The maximum atomic E-state index is 12.7. The summed E-state index contributed by atoms with van der Waals surface area (Å²) in [4.78, 5) is 26.7. The van der Waals surface area contributed by atoms with Crippen LogP contribution in [0.1, 0.15) is 32.3 Å². The number of nitrogens with one attached hydrogen (secondary N) is 1. The number of hydrogen-bond donors (Lipinski definition) is 2. The molecule has 1 saturated heterocycles. The van der Waals surface area contributed by atoms with Crippen molar-refractivity contribution in [3.05, 3.63) is 29.8 Å². The van der Waals surface area contributed by atoms with Crippen LogP contribution in [0.2, 0.25) is 0 Å². The van der Waals surface area contributed by atoms with Crippen molar-refractivity contribution in [3.8, 4) is 0 Å². The number of benzene rings is 1. The lowest BCUT2D eigenvalue weighted by Crippen LogP contribution is -2.51. The number of likely N-dealkylation sites (tertiary alicyclic amines) is 1. The van der Waals surface area contributed by atoms with Gasteiger partial charge in [-0.3, -0.25) is 9.59 Å². The average molecular weight is 364 g/mol. The van der Waals surface area contributed by atoms with Gasteiger partial charge in [0.2, 0.25) is 11.8 Å². The summed E-state index contributed by atoms with van der Waals surface area (Å²) in [5, 5.41) is 2.62. The third-order valence-electron chi connectivity index (χ3n) is 4.68. The van der Waals surface area contributed by atoms with Crippen molar-refractivity contribution in [2.24, 2.45) is 11.7 Å². The van der Waals surface area contributed by atoms with Crippen molar-refractivity contribution < 1.29 is 9.59 Å². The van der Waals surface area contributed by atoms with Crippen LogP contribution in [0.5, 0.6) is 0 Å². The third-order valence-corrected chi connectivity index (χ3v) is 5.81. The summed E-state index contributed by atoms with van der Waals surface area (Å²) in [5.41, 5.74) is 7.78. The van der Waals surface area contributed by atoms with Gasteiger partial charge in [-0.1, -0.05) is 24.6 Å². The molecule has 0 saturated carbocycles. The van der Waals surface area contributed by atoms with Gasteiger partial charge in [0.25, 0.3) is 0 Å². The Balaban J connectivity index is 1.82. The fourth-order valence-electron chi connectivity index (χ4n) is 3.10. The smallest absolute Gasteiger partial charge is 0.235 e. The Bertz CT molecular complexity index is 591. The topological polar surface area (TPSA) is 75.4 Å². The second kappa shape index (κ2) is 9.25. The Kier molecular flexibility index (Phi) is 7.32. The van der Waals surface area contributed by atoms with E-state index in [9.17, 15) is 9.59 Å². The summed E-state index contributed by atoms with van der Waals surface area (Å²) in [7, 11) is 0. The summed E-state index contributed by atoms with van der Waals surface area (Å²) in [5.74, 6) is 0.880. The molecule has 2 amide bonds. The quantitative estimate of drug-likeness (QED) is 0.815. The second-order valence-electron chi connectivity index (χ2n) is 6.92. The minimum atomic E-state index is -0.244. The highest BCUT2D eigenvalue weighted by atomic mass is 32.2. The lowest BCUT2D eigenvalue weighted by molar-refractivity contribution is -0.134. The first-order valence-electron chi connectivity index (χ1n) is 8.89. The van der Waals surface area contributed by atoms with Crippen LogP contribution < -0.4 is 11.1 Å². The number of hydrogen-bond acceptors (Lipinski definition) is 4. The van der Waals surface area contributed by atoms with Gasteiger partial charge in [-0.2, -0.15) is 0 Å². The summed E-state index contributed by atoms with van der Waals surface area (Å²) < 4.78 is 0. The van der Waals surface area contributed by atoms with E-state index in [4.69, 9.17) is 5.73 Å². The molecule has 1 aromatic rings. The lowest BCUT2D eigenvalue weighted by Gasteiger charge is -2.39. The van der Waals surface area contributed by atoms with Gasteiger partial charge >= 0.3 is 0 Å². The maximum absolute atomic E-state index is 12.7. The Morgan fingerprint density at radius 3 is 2.68 bits per heavy atom. The number of thioether (sulfide) groups is 1. The van der Waals surface area contributed by atoms with Gasteiger partial charge < -0.3 is 16.0 Å². The molecular weight excluding hydrogens is 334 g/mol. The molecule has 0 spiro atoms. The van der Waals surface area contributed by atoms with Crippen LogP contribution >= 0.6 is 11.8 Å². The molecule has 0 bridgehead atoms. The zero-order valence-electron chi connectivity index (χ0n) is 15.3. The van der Waals surface area contributed by atoms with Gasteiger partial charge in [0.15, 0.2) is 0 Å². The molecule has 3 atom stereocenters. The van der Waals surface area contributed by atoms with E-state index in [0.29, 0.717) is 12.5 Å². The zero-order chi connectivity index (χ0) is 18.4. The molecule has 1 aliphatic rings. The summed E-state index contributed by atoms with van der Waals surface area (Å²) in [6, 6.07) is 7.81. The molecule has 138 valence electrons. The van der Waals surface area contributed by atoms with Crippen LogP contribution in [-0.4, -0.2) is 46.8 Å². The number of amides is 2. The number of nitrogens with two attached hydrogens (primary N) is 1. The number of piperidine rings is 1. The predicted molar refractivity (Wildman–Crippen MR) is 105 cm³/mol. The number of carbonyl (C=O) groups is 2. The molecule has 2 rings (SSSR count). The monoisotopic (exact) mass is 363 g/mol. The molecule has 25 heavy (non-hydrogen) atoms. The van der Waals surface area contributed by atoms with Crippen LogP contribution in [0.4, 0.5) is 5.69 Å². The van der Waals surface area contributed by atoms with Crippen LogP contribution in [0, 0.1) is 12.8 Å². The second-order valence-corrected chi connectivity index (χ2v) is 8.25. The van der Waals surface area contributed by atoms with E-state index in [0.717, 1.165) is 30.6 Å². The molecule has 1 aliphatic heterocycles. The van der Waals surface area contributed by atoms with Crippen molar-refractivity contribution in [3.63, 3.8) is 0 Å². The highest BCUT2D eigenvalue weighted by molar-refractivity contribution is 8.01. The molecule has 0 radical (unpaired) electrons. The maximum Gasteiger partial charge on any atom is 0.235 e. The first-order valence-corrected chi connectivity index (χ1v) is 9.94. The van der Waals surface area contributed by atoms with Gasteiger partial charge in [0.05, 0.1) is 11.0 Å². The highest BCUT2D eigenvalue weighted by Gasteiger charge is 2.31. The van der Waals surface area contributed by atoms with Gasteiger partial charge in [0, 0.05) is 24.8 Å². The molecule has 1 heterocycles. The van der Waals surface area contributed by atoms with E-state index in [-0.39, 0.29) is 28.9 Å². The van der Waals surface area contributed by atoms with Crippen molar-refractivity contribution >= 4 is 29.3 Å². The van der Waals surface area contributed by atoms with E-state index in [1.165, 1.54) is 11.8 Å². The average Bonchev–Trinajstić information content (AvgIpc) is 2.61. The fourth-order valence-corrected chi connectivity index (χ4v) is 3.86. The van der Waals surface area contributed by atoms with Gasteiger partial charge in [-0.15, -0.1) is 11.8 Å². The summed E-state index contributed by atoms with van der Waals surface area (Å²) >= 11 is 1.38. The molecular formula is C19H29N3O2S. The molecule has 0 aromatic heterocycles. The predicted octanol–water partition coefficient (Wildman–Crippen LogP) is 2.64. The Labute approximate surface area is 154 Å². The number of nitrogens with zero attached hydrogens (tertiary/aromatic N) is 1. The molecule has 1 fully saturated rings. The Hall–Kier alpha value is -1.53. The largest absolute Gasteiger partial charge is 0.337 e.